The van der Waals surface area contributed by atoms with Gasteiger partial charge in [0.15, 0.2) is 0 Å². The standard InChI is InChI=1S/C28H31BrFN3O4S/c1-4-20(2)31-28(35)21(3)32(18-22-10-12-23(29)13-11-22)27(34)19-33(25-16-14-24(30)15-17-25)38(36,37)26-8-6-5-7-9-26/h5-17,20-21H,4,18-19H2,1-3H3,(H,31,35)/t20-,21+/m1/s1. The molecule has 0 heterocycles. The van der Waals surface area contributed by atoms with Crippen molar-refractivity contribution in [2.45, 2.75) is 50.7 Å². The van der Waals surface area contributed by atoms with Gasteiger partial charge in [-0.05, 0) is 74.4 Å². The molecular formula is C28H31BrFN3O4S. The smallest absolute Gasteiger partial charge is 0.264 e. The molecule has 3 aromatic carbocycles. The van der Waals surface area contributed by atoms with Gasteiger partial charge < -0.3 is 10.2 Å². The molecule has 0 saturated heterocycles. The Morgan fingerprint density at radius 1 is 0.947 bits per heavy atom. The molecule has 0 fully saturated rings. The summed E-state index contributed by atoms with van der Waals surface area (Å²) in [6, 6.07) is 18.9. The molecule has 0 aliphatic heterocycles. The number of amides is 2. The van der Waals surface area contributed by atoms with Crippen molar-refractivity contribution in [1.29, 1.82) is 0 Å². The largest absolute Gasteiger partial charge is 0.352 e. The molecular weight excluding hydrogens is 573 g/mol. The van der Waals surface area contributed by atoms with Crippen LogP contribution in [0.25, 0.3) is 0 Å². The molecule has 7 nitrogen and oxygen atoms in total. The molecule has 0 aromatic heterocycles. The van der Waals surface area contributed by atoms with Crippen molar-refractivity contribution in [1.82, 2.24) is 10.2 Å². The third-order valence-electron chi connectivity index (χ3n) is 6.16. The first-order chi connectivity index (χ1) is 18.0. The van der Waals surface area contributed by atoms with E-state index in [0.717, 1.165) is 26.5 Å². The summed E-state index contributed by atoms with van der Waals surface area (Å²) in [5.74, 6) is -1.46. The van der Waals surface area contributed by atoms with Gasteiger partial charge in [0.1, 0.15) is 18.4 Å². The van der Waals surface area contributed by atoms with Crippen LogP contribution in [0.15, 0.2) is 88.2 Å². The first-order valence-electron chi connectivity index (χ1n) is 12.2. The molecule has 2 atom stereocenters. The summed E-state index contributed by atoms with van der Waals surface area (Å²) in [6.45, 7) is 4.93. The first-order valence-corrected chi connectivity index (χ1v) is 14.4. The van der Waals surface area contributed by atoms with E-state index >= 15 is 0 Å². The van der Waals surface area contributed by atoms with Crippen LogP contribution in [0, 0.1) is 5.82 Å². The van der Waals surface area contributed by atoms with Crippen LogP contribution in [0.1, 0.15) is 32.8 Å². The number of nitrogens with one attached hydrogen (secondary N) is 1. The van der Waals surface area contributed by atoms with Crippen molar-refractivity contribution in [3.05, 3.63) is 94.7 Å². The average molecular weight is 605 g/mol. The zero-order chi connectivity index (χ0) is 27.9. The summed E-state index contributed by atoms with van der Waals surface area (Å²) in [5.41, 5.74) is 0.896. The minimum absolute atomic E-state index is 0.0147. The Labute approximate surface area is 231 Å². The number of sulfonamides is 1. The molecule has 3 rings (SSSR count). The number of hydrogen-bond donors (Lipinski definition) is 1. The second kappa shape index (κ2) is 13.0. The summed E-state index contributed by atoms with van der Waals surface area (Å²) in [6.07, 6.45) is 0.715. The minimum Gasteiger partial charge on any atom is -0.352 e. The maximum absolute atomic E-state index is 13.8. The fourth-order valence-electron chi connectivity index (χ4n) is 3.69. The van der Waals surface area contributed by atoms with Gasteiger partial charge in [0, 0.05) is 17.1 Å². The Bertz CT molecular complexity index is 1340. The Balaban J connectivity index is 2.00. The van der Waals surface area contributed by atoms with E-state index in [0.29, 0.717) is 6.42 Å². The molecule has 2 amide bonds. The van der Waals surface area contributed by atoms with Gasteiger partial charge in [0.25, 0.3) is 10.0 Å². The number of benzene rings is 3. The fourth-order valence-corrected chi connectivity index (χ4v) is 5.39. The number of anilines is 1. The van der Waals surface area contributed by atoms with Crippen LogP contribution in [0.5, 0.6) is 0 Å². The lowest BCUT2D eigenvalue weighted by Gasteiger charge is -2.32. The molecule has 3 aromatic rings. The van der Waals surface area contributed by atoms with E-state index in [1.54, 1.807) is 25.1 Å². The highest BCUT2D eigenvalue weighted by atomic mass is 79.9. The maximum Gasteiger partial charge on any atom is 0.264 e. The topological polar surface area (TPSA) is 86.8 Å². The highest BCUT2D eigenvalue weighted by molar-refractivity contribution is 9.10. The third kappa shape index (κ3) is 7.41. The number of carbonyl (C=O) groups excluding carboxylic acids is 2. The SMILES string of the molecule is CC[C@@H](C)NC(=O)[C@H](C)N(Cc1ccc(Br)cc1)C(=O)CN(c1ccc(F)cc1)S(=O)(=O)c1ccccc1. The van der Waals surface area contributed by atoms with Crippen LogP contribution in [-0.4, -0.2) is 43.8 Å². The van der Waals surface area contributed by atoms with E-state index in [1.807, 2.05) is 38.1 Å². The van der Waals surface area contributed by atoms with Gasteiger partial charge >= 0.3 is 0 Å². The van der Waals surface area contributed by atoms with Crippen LogP contribution < -0.4 is 9.62 Å². The molecule has 0 saturated carbocycles. The van der Waals surface area contributed by atoms with Crippen LogP contribution in [0.2, 0.25) is 0 Å². The molecule has 1 N–H and O–H groups in total. The van der Waals surface area contributed by atoms with Crippen LogP contribution in [0.4, 0.5) is 10.1 Å². The Kier molecular flexibility index (Phi) is 10.0. The van der Waals surface area contributed by atoms with Crippen molar-refractivity contribution in [3.8, 4) is 0 Å². The molecule has 0 spiro atoms. The van der Waals surface area contributed by atoms with Gasteiger partial charge in [0.2, 0.25) is 11.8 Å². The molecule has 0 radical (unpaired) electrons. The molecule has 202 valence electrons. The normalized spacial score (nSPS) is 12.9. The summed E-state index contributed by atoms with van der Waals surface area (Å²) >= 11 is 3.39. The van der Waals surface area contributed by atoms with Gasteiger partial charge in [0.05, 0.1) is 10.6 Å². The fraction of sp³-hybridized carbons (Fsp3) is 0.286. The van der Waals surface area contributed by atoms with E-state index in [2.05, 4.69) is 21.2 Å². The average Bonchev–Trinajstić information content (AvgIpc) is 2.91. The van der Waals surface area contributed by atoms with E-state index in [-0.39, 0.29) is 29.1 Å². The number of halogens is 2. The monoisotopic (exact) mass is 603 g/mol. The Morgan fingerprint density at radius 2 is 1.55 bits per heavy atom. The van der Waals surface area contributed by atoms with Crippen LogP contribution in [-0.2, 0) is 26.2 Å². The predicted octanol–water partition coefficient (Wildman–Crippen LogP) is 5.12. The lowest BCUT2D eigenvalue weighted by Crippen LogP contribution is -2.52. The summed E-state index contributed by atoms with van der Waals surface area (Å²) in [4.78, 5) is 28.2. The Hall–Kier alpha value is -3.24. The summed E-state index contributed by atoms with van der Waals surface area (Å²) < 4.78 is 42.7. The molecule has 10 heteroatoms. The highest BCUT2D eigenvalue weighted by Crippen LogP contribution is 2.25. The number of rotatable bonds is 11. The lowest BCUT2D eigenvalue weighted by molar-refractivity contribution is -0.139. The molecule has 0 aliphatic carbocycles. The van der Waals surface area contributed by atoms with Crippen molar-refractivity contribution in [2.75, 3.05) is 10.8 Å². The zero-order valence-electron chi connectivity index (χ0n) is 21.5. The summed E-state index contributed by atoms with van der Waals surface area (Å²) in [7, 11) is -4.19. The van der Waals surface area contributed by atoms with Gasteiger partial charge in [-0.15, -0.1) is 0 Å². The van der Waals surface area contributed by atoms with E-state index in [4.69, 9.17) is 0 Å². The van der Waals surface area contributed by atoms with E-state index in [9.17, 15) is 22.4 Å². The molecule has 0 bridgehead atoms. The number of hydrogen-bond acceptors (Lipinski definition) is 4. The maximum atomic E-state index is 13.8. The molecule has 0 unspecified atom stereocenters. The van der Waals surface area contributed by atoms with E-state index in [1.165, 1.54) is 29.2 Å². The third-order valence-corrected chi connectivity index (χ3v) is 8.48. The minimum atomic E-state index is -4.19. The van der Waals surface area contributed by atoms with Gasteiger partial charge in [-0.1, -0.05) is 53.2 Å². The summed E-state index contributed by atoms with van der Waals surface area (Å²) in [5, 5.41) is 2.89. The quantitative estimate of drug-likeness (QED) is 0.330. The second-order valence-electron chi connectivity index (χ2n) is 8.94. The predicted molar refractivity (Wildman–Crippen MR) is 149 cm³/mol. The Morgan fingerprint density at radius 3 is 2.13 bits per heavy atom. The van der Waals surface area contributed by atoms with Crippen molar-refractivity contribution >= 4 is 43.5 Å². The highest BCUT2D eigenvalue weighted by Gasteiger charge is 2.32. The van der Waals surface area contributed by atoms with Crippen molar-refractivity contribution in [2.24, 2.45) is 0 Å². The second-order valence-corrected chi connectivity index (χ2v) is 11.7. The van der Waals surface area contributed by atoms with Crippen molar-refractivity contribution < 1.29 is 22.4 Å². The molecule has 0 aliphatic rings. The number of carbonyl (C=O) groups is 2. The number of nitrogens with zero attached hydrogens (tertiary/aromatic N) is 2. The molecule has 38 heavy (non-hydrogen) atoms. The van der Waals surface area contributed by atoms with Crippen molar-refractivity contribution in [3.63, 3.8) is 0 Å². The van der Waals surface area contributed by atoms with E-state index < -0.39 is 34.3 Å². The van der Waals surface area contributed by atoms with Crippen LogP contribution >= 0.6 is 15.9 Å². The zero-order valence-corrected chi connectivity index (χ0v) is 23.9. The van der Waals surface area contributed by atoms with Gasteiger partial charge in [-0.3, -0.25) is 13.9 Å². The van der Waals surface area contributed by atoms with Crippen LogP contribution in [0.3, 0.4) is 0 Å². The van der Waals surface area contributed by atoms with Gasteiger partial charge in [-0.25, -0.2) is 12.8 Å². The first kappa shape index (κ1) is 29.3. The lowest BCUT2D eigenvalue weighted by atomic mass is 10.1. The van der Waals surface area contributed by atoms with Gasteiger partial charge in [-0.2, -0.15) is 0 Å².